The maximum absolute atomic E-state index is 5.92. The summed E-state index contributed by atoms with van der Waals surface area (Å²) in [4.78, 5) is 4.38. The summed E-state index contributed by atoms with van der Waals surface area (Å²) in [5.74, 6) is 2.69. The Morgan fingerprint density at radius 2 is 1.90 bits per heavy atom. The summed E-state index contributed by atoms with van der Waals surface area (Å²) >= 11 is 5.67. The lowest BCUT2D eigenvalue weighted by atomic mass is 9.95. The van der Waals surface area contributed by atoms with Gasteiger partial charge in [0.15, 0.2) is 5.11 Å². The topological polar surface area (TPSA) is 27.7 Å². The van der Waals surface area contributed by atoms with Crippen molar-refractivity contribution in [2.75, 3.05) is 38.7 Å². The monoisotopic (exact) mass is 429 g/mol. The molecule has 2 aliphatic rings. The Morgan fingerprint density at radius 3 is 2.57 bits per heavy atom. The predicted octanol–water partition coefficient (Wildman–Crippen LogP) is 5.24. The molecule has 30 heavy (non-hydrogen) atoms. The Bertz CT molecular complexity index is 677. The summed E-state index contributed by atoms with van der Waals surface area (Å²) in [5, 5.41) is 4.45. The van der Waals surface area contributed by atoms with E-state index in [1.807, 2.05) is 13.1 Å². The summed E-state index contributed by atoms with van der Waals surface area (Å²) in [7, 11) is 4.19. The lowest BCUT2D eigenvalue weighted by Crippen LogP contribution is -2.45. The number of nitrogens with zero attached hydrogens (tertiary/aromatic N) is 2. The number of hydrogen-bond acceptors (Lipinski definition) is 3. The average Bonchev–Trinajstić information content (AvgIpc) is 3.36. The van der Waals surface area contributed by atoms with E-state index in [2.05, 4.69) is 53.0 Å². The molecule has 1 aromatic carbocycles. The molecule has 0 aromatic heterocycles. The molecule has 1 N–H and O–H groups in total. The molecule has 0 amide bonds. The van der Waals surface area contributed by atoms with E-state index in [1.165, 1.54) is 44.9 Å². The number of ether oxygens (including phenoxy) is 1. The minimum absolute atomic E-state index is 0.573. The SMILES string of the molecule is C=CCN(C)CCCCCCOc1ccc(N(C)C(=S)NC2CC3CCC2C3)cc1. The highest BCUT2D eigenvalue weighted by molar-refractivity contribution is 7.80. The van der Waals surface area contributed by atoms with Crippen LogP contribution in [-0.4, -0.2) is 49.8 Å². The number of nitrogens with one attached hydrogen (secondary N) is 1. The van der Waals surface area contributed by atoms with Gasteiger partial charge in [0.05, 0.1) is 6.61 Å². The summed E-state index contributed by atoms with van der Waals surface area (Å²) < 4.78 is 5.92. The van der Waals surface area contributed by atoms with Crippen LogP contribution < -0.4 is 15.0 Å². The molecule has 0 spiro atoms. The first kappa shape index (κ1) is 23.1. The quantitative estimate of drug-likeness (QED) is 0.279. The van der Waals surface area contributed by atoms with E-state index in [0.29, 0.717) is 6.04 Å². The molecule has 3 rings (SSSR count). The van der Waals surface area contributed by atoms with E-state index in [-0.39, 0.29) is 0 Å². The highest BCUT2D eigenvalue weighted by atomic mass is 32.1. The number of anilines is 1. The van der Waals surface area contributed by atoms with Crippen LogP contribution in [0.5, 0.6) is 5.75 Å². The second-order valence-corrected chi connectivity index (χ2v) is 9.48. The molecule has 0 saturated heterocycles. The van der Waals surface area contributed by atoms with Gasteiger partial charge in [-0.15, -0.1) is 6.58 Å². The Kier molecular flexibility index (Phi) is 9.01. The number of thiocarbonyl (C=S) groups is 1. The smallest absolute Gasteiger partial charge is 0.173 e. The van der Waals surface area contributed by atoms with Gasteiger partial charge in [-0.1, -0.05) is 25.3 Å². The average molecular weight is 430 g/mol. The molecule has 5 heteroatoms. The lowest BCUT2D eigenvalue weighted by Gasteiger charge is -2.28. The molecule has 2 fully saturated rings. The summed E-state index contributed by atoms with van der Waals surface area (Å²) in [6, 6.07) is 8.87. The van der Waals surface area contributed by atoms with Crippen molar-refractivity contribution >= 4 is 23.0 Å². The minimum Gasteiger partial charge on any atom is -0.494 e. The van der Waals surface area contributed by atoms with Crippen LogP contribution in [-0.2, 0) is 0 Å². The zero-order chi connectivity index (χ0) is 21.3. The molecular weight excluding hydrogens is 390 g/mol. The number of unbranched alkanes of at least 4 members (excludes halogenated alkanes) is 3. The number of rotatable bonds is 12. The van der Waals surface area contributed by atoms with Crippen molar-refractivity contribution in [2.24, 2.45) is 11.8 Å². The van der Waals surface area contributed by atoms with Crippen LogP contribution in [0.15, 0.2) is 36.9 Å². The Balaban J connectivity index is 1.31. The van der Waals surface area contributed by atoms with E-state index < -0.39 is 0 Å². The van der Waals surface area contributed by atoms with E-state index in [1.54, 1.807) is 0 Å². The molecule has 2 saturated carbocycles. The van der Waals surface area contributed by atoms with Gasteiger partial charge in [0, 0.05) is 25.3 Å². The van der Waals surface area contributed by atoms with Gasteiger partial charge in [0.25, 0.3) is 0 Å². The number of likely N-dealkylation sites (N-methyl/N-ethyl adjacent to an activating group) is 1. The van der Waals surface area contributed by atoms with Gasteiger partial charge in [0.1, 0.15) is 5.75 Å². The van der Waals surface area contributed by atoms with Gasteiger partial charge in [-0.2, -0.15) is 0 Å². The first-order chi connectivity index (χ1) is 14.6. The fraction of sp³-hybridized carbons (Fsp3) is 0.640. The molecule has 1 aromatic rings. The van der Waals surface area contributed by atoms with E-state index in [9.17, 15) is 0 Å². The molecule has 0 radical (unpaired) electrons. The molecule has 0 aliphatic heterocycles. The molecule has 4 nitrogen and oxygen atoms in total. The first-order valence-electron chi connectivity index (χ1n) is 11.6. The highest BCUT2D eigenvalue weighted by Crippen LogP contribution is 2.44. The van der Waals surface area contributed by atoms with Crippen molar-refractivity contribution in [3.8, 4) is 5.75 Å². The van der Waals surface area contributed by atoms with Crippen LogP contribution in [0.1, 0.15) is 51.4 Å². The lowest BCUT2D eigenvalue weighted by molar-refractivity contribution is 0.300. The van der Waals surface area contributed by atoms with Gasteiger partial charge in [-0.3, -0.25) is 0 Å². The Morgan fingerprint density at radius 1 is 1.13 bits per heavy atom. The molecule has 0 heterocycles. The maximum Gasteiger partial charge on any atom is 0.173 e. The van der Waals surface area contributed by atoms with Crippen molar-refractivity contribution in [3.63, 3.8) is 0 Å². The van der Waals surface area contributed by atoms with Crippen LogP contribution in [0.4, 0.5) is 5.69 Å². The number of benzene rings is 1. The van der Waals surface area contributed by atoms with Crippen molar-refractivity contribution < 1.29 is 4.74 Å². The van der Waals surface area contributed by atoms with Crippen molar-refractivity contribution in [1.29, 1.82) is 0 Å². The Hall–Kier alpha value is -1.59. The summed E-state index contributed by atoms with van der Waals surface area (Å²) in [6.07, 6.45) is 12.2. The third-order valence-corrected chi connectivity index (χ3v) is 7.11. The standard InChI is InChI=1S/C25H39N3OS/c1-4-15-27(2)16-7-5-6-8-17-29-23-13-11-22(12-14-23)28(3)25(30)26-24-19-20-9-10-21(24)18-20/h4,11-14,20-21,24H,1,5-10,15-19H2,2-3H3,(H,26,30). The van der Waals surface area contributed by atoms with E-state index >= 15 is 0 Å². The highest BCUT2D eigenvalue weighted by Gasteiger charge is 2.39. The molecule has 2 bridgehead atoms. The normalized spacial score (nSPS) is 22.3. The minimum atomic E-state index is 0.573. The van der Waals surface area contributed by atoms with Gasteiger partial charge < -0.3 is 19.9 Å². The summed E-state index contributed by atoms with van der Waals surface area (Å²) in [5.41, 5.74) is 1.10. The van der Waals surface area contributed by atoms with E-state index in [0.717, 1.165) is 54.5 Å². The maximum atomic E-state index is 5.92. The zero-order valence-corrected chi connectivity index (χ0v) is 19.6. The van der Waals surface area contributed by atoms with Crippen molar-refractivity contribution in [2.45, 2.75) is 57.4 Å². The molecular formula is C25H39N3OS. The molecule has 2 aliphatic carbocycles. The van der Waals surface area contributed by atoms with Crippen molar-refractivity contribution in [1.82, 2.24) is 10.2 Å². The van der Waals surface area contributed by atoms with Crippen LogP contribution in [0.2, 0.25) is 0 Å². The van der Waals surface area contributed by atoms with Crippen LogP contribution in [0.3, 0.4) is 0 Å². The van der Waals surface area contributed by atoms with Crippen LogP contribution in [0.25, 0.3) is 0 Å². The summed E-state index contributed by atoms with van der Waals surface area (Å²) in [6.45, 7) is 6.67. The second kappa shape index (κ2) is 11.7. The molecule has 3 atom stereocenters. The second-order valence-electron chi connectivity index (χ2n) is 9.10. The Labute approximate surface area is 188 Å². The number of hydrogen-bond donors (Lipinski definition) is 1. The third-order valence-electron chi connectivity index (χ3n) is 6.72. The van der Waals surface area contributed by atoms with Crippen molar-refractivity contribution in [3.05, 3.63) is 36.9 Å². The fourth-order valence-electron chi connectivity index (χ4n) is 4.90. The predicted molar refractivity (Wildman–Crippen MR) is 131 cm³/mol. The fourth-order valence-corrected chi connectivity index (χ4v) is 5.16. The largest absolute Gasteiger partial charge is 0.494 e. The first-order valence-corrected chi connectivity index (χ1v) is 12.0. The molecule has 166 valence electrons. The third kappa shape index (κ3) is 6.71. The van der Waals surface area contributed by atoms with Crippen LogP contribution in [0, 0.1) is 11.8 Å². The van der Waals surface area contributed by atoms with Gasteiger partial charge in [0.2, 0.25) is 0 Å². The van der Waals surface area contributed by atoms with Gasteiger partial charge >= 0.3 is 0 Å². The van der Waals surface area contributed by atoms with E-state index in [4.69, 9.17) is 17.0 Å². The number of fused-ring (bicyclic) bond motifs is 2. The zero-order valence-electron chi connectivity index (χ0n) is 18.8. The molecule has 3 unspecified atom stereocenters. The van der Waals surface area contributed by atoms with Gasteiger partial charge in [-0.25, -0.2) is 0 Å². The van der Waals surface area contributed by atoms with Gasteiger partial charge in [-0.05, 0) is 94.0 Å². The van der Waals surface area contributed by atoms with Crippen LogP contribution >= 0.6 is 12.2 Å².